The third-order valence-electron chi connectivity index (χ3n) is 7.33. The van der Waals surface area contributed by atoms with Crippen molar-refractivity contribution in [1.82, 2.24) is 0 Å². The number of hydrogen-bond donors (Lipinski definition) is 2. The third-order valence-corrected chi connectivity index (χ3v) is 7.33. The molecular formula is C20H32O4. The van der Waals surface area contributed by atoms with Gasteiger partial charge in [-0.1, -0.05) is 20.4 Å². The van der Waals surface area contributed by atoms with E-state index in [0.29, 0.717) is 42.9 Å². The van der Waals surface area contributed by atoms with Crippen LogP contribution in [0.15, 0.2) is 12.2 Å². The van der Waals surface area contributed by atoms with Crippen molar-refractivity contribution in [3.63, 3.8) is 0 Å². The molecule has 1 saturated carbocycles. The Kier molecular flexibility index (Phi) is 3.93. The number of fused-ring (bicyclic) bond motifs is 6. The van der Waals surface area contributed by atoms with E-state index in [2.05, 4.69) is 20.4 Å². The molecule has 3 aliphatic heterocycles. The molecular weight excluding hydrogens is 304 g/mol. The largest absolute Gasteiger partial charge is 0.389 e. The van der Waals surface area contributed by atoms with Crippen LogP contribution >= 0.6 is 0 Å². The van der Waals surface area contributed by atoms with E-state index in [1.807, 2.05) is 6.92 Å². The number of epoxide rings is 1. The zero-order valence-electron chi connectivity index (χ0n) is 15.2. The molecule has 1 spiro atoms. The van der Waals surface area contributed by atoms with Gasteiger partial charge in [-0.15, -0.1) is 0 Å². The van der Waals surface area contributed by atoms with Gasteiger partial charge in [0.2, 0.25) is 0 Å². The number of ether oxygens (including phenoxy) is 2. The second-order valence-electron chi connectivity index (χ2n) is 9.27. The van der Waals surface area contributed by atoms with Crippen molar-refractivity contribution < 1.29 is 19.7 Å². The average molecular weight is 336 g/mol. The molecule has 2 N–H and O–H groups in total. The molecule has 24 heavy (non-hydrogen) atoms. The molecule has 8 atom stereocenters. The van der Waals surface area contributed by atoms with Gasteiger partial charge in [0.05, 0.1) is 36.1 Å². The molecule has 1 aliphatic carbocycles. The molecule has 2 bridgehead atoms. The van der Waals surface area contributed by atoms with Crippen molar-refractivity contribution in [1.29, 1.82) is 0 Å². The summed E-state index contributed by atoms with van der Waals surface area (Å²) in [4.78, 5) is 0. The maximum absolute atomic E-state index is 11.2. The van der Waals surface area contributed by atoms with E-state index in [1.54, 1.807) is 0 Å². The van der Waals surface area contributed by atoms with Crippen LogP contribution in [0, 0.1) is 23.7 Å². The maximum atomic E-state index is 11.2. The molecule has 4 fully saturated rings. The van der Waals surface area contributed by atoms with Crippen LogP contribution in [0.4, 0.5) is 0 Å². The Balaban J connectivity index is 1.75. The molecule has 3 saturated heterocycles. The predicted octanol–water partition coefficient (Wildman–Crippen LogP) is 2.67. The van der Waals surface area contributed by atoms with E-state index in [0.717, 1.165) is 25.0 Å². The molecule has 0 aromatic heterocycles. The molecule has 3 heterocycles. The van der Waals surface area contributed by atoms with Crippen molar-refractivity contribution in [3.8, 4) is 0 Å². The summed E-state index contributed by atoms with van der Waals surface area (Å²) in [6.07, 6.45) is 3.35. The van der Waals surface area contributed by atoms with Crippen LogP contribution in [0.25, 0.3) is 0 Å². The highest BCUT2D eigenvalue weighted by molar-refractivity contribution is 5.18. The van der Waals surface area contributed by atoms with Crippen molar-refractivity contribution in [2.45, 2.75) is 82.4 Å². The number of aliphatic hydroxyl groups is 2. The minimum Gasteiger partial charge on any atom is -0.389 e. The molecule has 0 aromatic carbocycles. The number of hydrogen-bond acceptors (Lipinski definition) is 4. The average Bonchev–Trinajstić information content (AvgIpc) is 3.16. The highest BCUT2D eigenvalue weighted by atomic mass is 16.6. The van der Waals surface area contributed by atoms with Gasteiger partial charge in [0.25, 0.3) is 0 Å². The zero-order valence-corrected chi connectivity index (χ0v) is 15.2. The third kappa shape index (κ3) is 2.49. The van der Waals surface area contributed by atoms with Crippen LogP contribution in [-0.4, -0.2) is 46.3 Å². The van der Waals surface area contributed by atoms with E-state index < -0.39 is 11.7 Å². The monoisotopic (exact) mass is 336 g/mol. The normalized spacial score (nSPS) is 54.3. The summed E-state index contributed by atoms with van der Waals surface area (Å²) in [5.41, 5.74) is -0.112. The summed E-state index contributed by atoms with van der Waals surface area (Å²) in [5.74, 6) is 1.79. The van der Waals surface area contributed by atoms with Crippen LogP contribution in [-0.2, 0) is 9.47 Å². The van der Waals surface area contributed by atoms with Crippen molar-refractivity contribution in [2.75, 3.05) is 6.61 Å². The predicted molar refractivity (Wildman–Crippen MR) is 91.5 cm³/mol. The molecule has 1 unspecified atom stereocenters. The number of aliphatic hydroxyl groups excluding tert-OH is 1. The Bertz CT molecular complexity index is 522. The molecule has 4 heteroatoms. The molecule has 0 aromatic rings. The molecule has 4 rings (SSSR count). The van der Waals surface area contributed by atoms with Crippen molar-refractivity contribution in [2.24, 2.45) is 23.7 Å². The maximum Gasteiger partial charge on any atom is 0.0973 e. The summed E-state index contributed by atoms with van der Waals surface area (Å²) in [6.45, 7) is 11.4. The van der Waals surface area contributed by atoms with Gasteiger partial charge in [-0.2, -0.15) is 0 Å². The van der Waals surface area contributed by atoms with Gasteiger partial charge < -0.3 is 19.7 Å². The van der Waals surface area contributed by atoms with E-state index in [-0.39, 0.29) is 17.8 Å². The fraction of sp³-hybridized carbons (Fsp3) is 0.900. The van der Waals surface area contributed by atoms with Gasteiger partial charge in [0.15, 0.2) is 0 Å². The quantitative estimate of drug-likeness (QED) is 0.571. The van der Waals surface area contributed by atoms with Gasteiger partial charge >= 0.3 is 0 Å². The fourth-order valence-electron chi connectivity index (χ4n) is 5.86. The lowest BCUT2D eigenvalue weighted by atomic mass is 9.59. The Morgan fingerprint density at radius 1 is 1.25 bits per heavy atom. The Morgan fingerprint density at radius 3 is 2.58 bits per heavy atom. The zero-order chi connectivity index (χ0) is 17.3. The lowest BCUT2D eigenvalue weighted by molar-refractivity contribution is -0.118. The molecule has 136 valence electrons. The highest BCUT2D eigenvalue weighted by Gasteiger charge is 2.67. The van der Waals surface area contributed by atoms with Crippen LogP contribution in [0.1, 0.15) is 52.9 Å². The van der Waals surface area contributed by atoms with Gasteiger partial charge in [-0.25, -0.2) is 0 Å². The first-order valence-corrected chi connectivity index (χ1v) is 9.63. The first-order valence-electron chi connectivity index (χ1n) is 9.63. The lowest BCUT2D eigenvalue weighted by Gasteiger charge is -2.45. The van der Waals surface area contributed by atoms with Gasteiger partial charge in [-0.05, 0) is 62.4 Å². The fourth-order valence-corrected chi connectivity index (χ4v) is 5.86. The Morgan fingerprint density at radius 2 is 1.96 bits per heavy atom. The summed E-state index contributed by atoms with van der Waals surface area (Å²) in [5, 5.41) is 21.6. The van der Waals surface area contributed by atoms with E-state index >= 15 is 0 Å². The van der Waals surface area contributed by atoms with Crippen LogP contribution in [0.5, 0.6) is 0 Å². The SMILES string of the molecule is C=C1C[C@H]2O[C@H]([C@H]3[C@@H]2C2(CC[C@@H]3C(C)C)CO2)[C@](C)(O)CC[C@@H]1O. The van der Waals surface area contributed by atoms with Crippen LogP contribution in [0.2, 0.25) is 0 Å². The first kappa shape index (κ1) is 17.0. The minimum absolute atomic E-state index is 0.00998. The highest BCUT2D eigenvalue weighted by Crippen LogP contribution is 2.61. The Hall–Kier alpha value is -0.420. The summed E-state index contributed by atoms with van der Waals surface area (Å²) < 4.78 is 12.5. The van der Waals surface area contributed by atoms with E-state index in [4.69, 9.17) is 9.47 Å². The topological polar surface area (TPSA) is 62.2 Å². The van der Waals surface area contributed by atoms with Crippen molar-refractivity contribution in [3.05, 3.63) is 12.2 Å². The second-order valence-corrected chi connectivity index (χ2v) is 9.27. The molecule has 0 radical (unpaired) electrons. The van der Waals surface area contributed by atoms with E-state index in [1.165, 1.54) is 0 Å². The molecule has 4 aliphatic rings. The Labute approximate surface area is 145 Å². The minimum atomic E-state index is -0.913. The van der Waals surface area contributed by atoms with E-state index in [9.17, 15) is 10.2 Å². The van der Waals surface area contributed by atoms with Gasteiger partial charge in [-0.3, -0.25) is 0 Å². The van der Waals surface area contributed by atoms with Gasteiger partial charge in [0, 0.05) is 5.92 Å². The van der Waals surface area contributed by atoms with Crippen LogP contribution in [0.3, 0.4) is 0 Å². The second kappa shape index (κ2) is 5.54. The summed E-state index contributed by atoms with van der Waals surface area (Å²) >= 11 is 0. The smallest absolute Gasteiger partial charge is 0.0973 e. The standard InChI is InChI=1S/C20H32O4/c1-11(2)13-5-8-20(10-23-20)17-15-9-12(3)14(21)6-7-19(4,22)18(24-15)16(13)17/h11,13-18,21-22H,3,5-10H2,1-2,4H3/t13-,14+,15-,16-,17-,18-,19-,20?/m1/s1. The first-order chi connectivity index (χ1) is 11.3. The number of rotatable bonds is 1. The lowest BCUT2D eigenvalue weighted by Crippen LogP contribution is -2.51. The van der Waals surface area contributed by atoms with Crippen LogP contribution < -0.4 is 0 Å². The van der Waals surface area contributed by atoms with Crippen molar-refractivity contribution >= 4 is 0 Å². The molecule has 0 amide bonds. The summed E-state index contributed by atoms with van der Waals surface area (Å²) in [7, 11) is 0. The van der Waals surface area contributed by atoms with Gasteiger partial charge in [0.1, 0.15) is 0 Å². The molecule has 4 nitrogen and oxygen atoms in total. The summed E-state index contributed by atoms with van der Waals surface area (Å²) in [6, 6.07) is 0.